The predicted molar refractivity (Wildman–Crippen MR) is 87.8 cm³/mol. The number of anilines is 1. The lowest BCUT2D eigenvalue weighted by Crippen LogP contribution is -2.49. The molecule has 1 aromatic heterocycles. The van der Waals surface area contributed by atoms with E-state index < -0.39 is 0 Å². The largest absolute Gasteiger partial charge is 0.478 e. The van der Waals surface area contributed by atoms with Gasteiger partial charge in [-0.3, -0.25) is 4.79 Å². The van der Waals surface area contributed by atoms with Gasteiger partial charge in [0.15, 0.2) is 0 Å². The number of hydrogen-bond acceptors (Lipinski definition) is 5. The van der Waals surface area contributed by atoms with Gasteiger partial charge in [-0.1, -0.05) is 18.2 Å². The van der Waals surface area contributed by atoms with Gasteiger partial charge in [-0.15, -0.1) is 0 Å². The van der Waals surface area contributed by atoms with Gasteiger partial charge in [-0.2, -0.15) is 0 Å². The molecule has 6 heteroatoms. The summed E-state index contributed by atoms with van der Waals surface area (Å²) in [5, 5.41) is 0. The third-order valence-corrected chi connectivity index (χ3v) is 3.84. The maximum Gasteiger partial charge on any atom is 0.272 e. The Hall–Kier alpha value is -2.63. The lowest BCUT2D eigenvalue weighted by atomic mass is 10.2. The van der Waals surface area contributed by atoms with Gasteiger partial charge >= 0.3 is 0 Å². The summed E-state index contributed by atoms with van der Waals surface area (Å²) in [5.41, 5.74) is 1.58. The van der Waals surface area contributed by atoms with Crippen molar-refractivity contribution in [1.29, 1.82) is 0 Å². The highest BCUT2D eigenvalue weighted by atomic mass is 16.5. The second-order valence-electron chi connectivity index (χ2n) is 5.29. The van der Waals surface area contributed by atoms with Crippen LogP contribution in [0.3, 0.4) is 0 Å². The number of aromatic nitrogens is 2. The van der Waals surface area contributed by atoms with Crippen molar-refractivity contribution in [3.63, 3.8) is 0 Å². The standard InChI is InChI=1S/C17H20N4O2/c1-2-23-16-12-15(18-13-19-16)17(22)21-10-8-20(9-11-21)14-6-4-3-5-7-14/h3-7,12-13H,2,8-11H2,1H3. The summed E-state index contributed by atoms with van der Waals surface area (Å²) >= 11 is 0. The molecule has 1 aliphatic rings. The molecule has 23 heavy (non-hydrogen) atoms. The number of carbonyl (C=O) groups is 1. The lowest BCUT2D eigenvalue weighted by molar-refractivity contribution is 0.0740. The molecule has 0 spiro atoms. The van der Waals surface area contributed by atoms with Crippen molar-refractivity contribution < 1.29 is 9.53 Å². The summed E-state index contributed by atoms with van der Waals surface area (Å²) in [6.45, 7) is 5.40. The van der Waals surface area contributed by atoms with Gasteiger partial charge in [0.05, 0.1) is 6.61 Å². The molecule has 120 valence electrons. The summed E-state index contributed by atoms with van der Waals surface area (Å²) in [6, 6.07) is 11.9. The first kappa shape index (κ1) is 15.3. The third-order valence-electron chi connectivity index (χ3n) is 3.84. The average Bonchev–Trinajstić information content (AvgIpc) is 2.62. The van der Waals surface area contributed by atoms with Crippen LogP contribution >= 0.6 is 0 Å². The Bertz CT molecular complexity index is 655. The fourth-order valence-electron chi connectivity index (χ4n) is 2.65. The highest BCUT2D eigenvalue weighted by Crippen LogP contribution is 2.17. The second kappa shape index (κ2) is 7.09. The fraction of sp³-hybridized carbons (Fsp3) is 0.353. The molecule has 1 aromatic carbocycles. The number of piperazine rings is 1. The van der Waals surface area contributed by atoms with Gasteiger partial charge in [-0.05, 0) is 19.1 Å². The summed E-state index contributed by atoms with van der Waals surface area (Å²) in [5.74, 6) is 0.370. The Morgan fingerprint density at radius 1 is 1.13 bits per heavy atom. The molecule has 0 radical (unpaired) electrons. The van der Waals surface area contributed by atoms with Crippen molar-refractivity contribution in [3.05, 3.63) is 48.4 Å². The van der Waals surface area contributed by atoms with Crippen LogP contribution in [0.5, 0.6) is 5.88 Å². The number of ether oxygens (including phenoxy) is 1. The number of amides is 1. The summed E-state index contributed by atoms with van der Waals surface area (Å²) in [7, 11) is 0. The van der Waals surface area contributed by atoms with E-state index in [0.717, 1.165) is 13.1 Å². The number of hydrogen-bond donors (Lipinski definition) is 0. The molecule has 1 amide bonds. The van der Waals surface area contributed by atoms with Crippen molar-refractivity contribution >= 4 is 11.6 Å². The lowest BCUT2D eigenvalue weighted by Gasteiger charge is -2.36. The number of para-hydroxylation sites is 1. The molecule has 0 N–H and O–H groups in total. The minimum absolute atomic E-state index is 0.0685. The van der Waals surface area contributed by atoms with E-state index in [2.05, 4.69) is 27.0 Å². The van der Waals surface area contributed by atoms with Crippen molar-refractivity contribution in [2.45, 2.75) is 6.92 Å². The van der Waals surface area contributed by atoms with Crippen LogP contribution in [0.4, 0.5) is 5.69 Å². The van der Waals surface area contributed by atoms with E-state index >= 15 is 0 Å². The van der Waals surface area contributed by atoms with Crippen LogP contribution in [-0.4, -0.2) is 53.6 Å². The number of benzene rings is 1. The highest BCUT2D eigenvalue weighted by Gasteiger charge is 2.23. The maximum absolute atomic E-state index is 12.6. The molecule has 6 nitrogen and oxygen atoms in total. The topological polar surface area (TPSA) is 58.6 Å². The minimum atomic E-state index is -0.0685. The summed E-state index contributed by atoms with van der Waals surface area (Å²) in [4.78, 5) is 24.8. The van der Waals surface area contributed by atoms with Crippen LogP contribution in [0.2, 0.25) is 0 Å². The normalized spacial score (nSPS) is 14.7. The van der Waals surface area contributed by atoms with Crippen molar-refractivity contribution in [2.75, 3.05) is 37.7 Å². The molecular weight excluding hydrogens is 292 g/mol. The summed E-state index contributed by atoms with van der Waals surface area (Å²) in [6.07, 6.45) is 1.37. The van der Waals surface area contributed by atoms with Gasteiger partial charge < -0.3 is 14.5 Å². The van der Waals surface area contributed by atoms with Crippen LogP contribution < -0.4 is 9.64 Å². The first-order valence-electron chi connectivity index (χ1n) is 7.82. The molecule has 1 saturated heterocycles. The van der Waals surface area contributed by atoms with E-state index in [0.29, 0.717) is 31.3 Å². The van der Waals surface area contributed by atoms with Crippen LogP contribution in [-0.2, 0) is 0 Å². The Balaban J connectivity index is 1.63. The van der Waals surface area contributed by atoms with Crippen LogP contribution in [0.1, 0.15) is 17.4 Å². The van der Waals surface area contributed by atoms with E-state index in [1.165, 1.54) is 12.0 Å². The first-order chi connectivity index (χ1) is 11.3. The van der Waals surface area contributed by atoms with Crippen LogP contribution in [0.15, 0.2) is 42.7 Å². The van der Waals surface area contributed by atoms with E-state index in [9.17, 15) is 4.79 Å². The van der Waals surface area contributed by atoms with Crippen LogP contribution in [0, 0.1) is 0 Å². The zero-order valence-corrected chi connectivity index (χ0v) is 13.2. The summed E-state index contributed by atoms with van der Waals surface area (Å²) < 4.78 is 5.33. The zero-order valence-electron chi connectivity index (χ0n) is 13.2. The molecule has 0 aliphatic carbocycles. The van der Waals surface area contributed by atoms with Crippen molar-refractivity contribution in [2.24, 2.45) is 0 Å². The zero-order chi connectivity index (χ0) is 16.1. The van der Waals surface area contributed by atoms with Gasteiger partial charge in [-0.25, -0.2) is 9.97 Å². The van der Waals surface area contributed by atoms with E-state index in [1.54, 1.807) is 6.07 Å². The third kappa shape index (κ3) is 3.59. The second-order valence-corrected chi connectivity index (χ2v) is 5.29. The van der Waals surface area contributed by atoms with E-state index in [4.69, 9.17) is 4.74 Å². The highest BCUT2D eigenvalue weighted by molar-refractivity contribution is 5.92. The Morgan fingerprint density at radius 3 is 2.57 bits per heavy atom. The maximum atomic E-state index is 12.6. The SMILES string of the molecule is CCOc1cc(C(=O)N2CCN(c3ccccc3)CC2)ncn1. The molecule has 0 atom stereocenters. The first-order valence-corrected chi connectivity index (χ1v) is 7.82. The Labute approximate surface area is 135 Å². The smallest absolute Gasteiger partial charge is 0.272 e. The molecule has 3 rings (SSSR count). The van der Waals surface area contributed by atoms with Gasteiger partial charge in [0, 0.05) is 37.9 Å². The fourth-order valence-corrected chi connectivity index (χ4v) is 2.65. The minimum Gasteiger partial charge on any atom is -0.478 e. The van der Waals surface area contributed by atoms with Gasteiger partial charge in [0.2, 0.25) is 5.88 Å². The molecular formula is C17H20N4O2. The van der Waals surface area contributed by atoms with E-state index in [1.807, 2.05) is 30.0 Å². The molecule has 2 aromatic rings. The molecule has 1 fully saturated rings. The predicted octanol–water partition coefficient (Wildman–Crippen LogP) is 1.84. The number of nitrogens with zero attached hydrogens (tertiary/aromatic N) is 4. The molecule has 0 saturated carbocycles. The van der Waals surface area contributed by atoms with Gasteiger partial charge in [0.1, 0.15) is 12.0 Å². The quantitative estimate of drug-likeness (QED) is 0.862. The van der Waals surface area contributed by atoms with Gasteiger partial charge in [0.25, 0.3) is 5.91 Å². The molecule has 0 bridgehead atoms. The number of rotatable bonds is 4. The molecule has 2 heterocycles. The Kier molecular flexibility index (Phi) is 4.71. The van der Waals surface area contributed by atoms with Crippen LogP contribution in [0.25, 0.3) is 0 Å². The van der Waals surface area contributed by atoms with Crippen molar-refractivity contribution in [3.8, 4) is 5.88 Å². The molecule has 0 unspecified atom stereocenters. The monoisotopic (exact) mass is 312 g/mol. The Morgan fingerprint density at radius 2 is 1.87 bits per heavy atom. The molecule has 1 aliphatic heterocycles. The number of carbonyl (C=O) groups excluding carboxylic acids is 1. The average molecular weight is 312 g/mol. The van der Waals surface area contributed by atoms with Crippen molar-refractivity contribution in [1.82, 2.24) is 14.9 Å². The van der Waals surface area contributed by atoms with E-state index in [-0.39, 0.29) is 5.91 Å².